The van der Waals surface area contributed by atoms with Gasteiger partial charge in [0.15, 0.2) is 9.84 Å². The molecular weight excluding hydrogens is 352 g/mol. The molecule has 3 aromatic rings. The van der Waals surface area contributed by atoms with E-state index in [4.69, 9.17) is 4.42 Å². The molecule has 6 nitrogen and oxygen atoms in total. The van der Waals surface area contributed by atoms with Gasteiger partial charge in [-0.1, -0.05) is 17.7 Å². The second-order valence-electron chi connectivity index (χ2n) is 5.81. The van der Waals surface area contributed by atoms with Gasteiger partial charge in [-0.3, -0.25) is 9.78 Å². The van der Waals surface area contributed by atoms with E-state index in [1.807, 2.05) is 6.92 Å². The predicted molar refractivity (Wildman–Crippen MR) is 96.4 cm³/mol. The molecule has 7 heteroatoms. The van der Waals surface area contributed by atoms with Crippen LogP contribution in [0.2, 0.25) is 0 Å². The molecule has 0 aliphatic carbocycles. The third-order valence-corrected chi connectivity index (χ3v) is 6.03. The van der Waals surface area contributed by atoms with Crippen molar-refractivity contribution in [2.75, 3.05) is 6.54 Å². The van der Waals surface area contributed by atoms with Gasteiger partial charge >= 0.3 is 0 Å². The molecule has 1 aromatic carbocycles. The number of nitrogens with one attached hydrogen (secondary N) is 1. The van der Waals surface area contributed by atoms with Gasteiger partial charge in [0.1, 0.15) is 11.0 Å². The van der Waals surface area contributed by atoms with Crippen LogP contribution in [0.5, 0.6) is 0 Å². The van der Waals surface area contributed by atoms with Crippen molar-refractivity contribution in [2.24, 2.45) is 0 Å². The van der Waals surface area contributed by atoms with Crippen LogP contribution < -0.4 is 5.32 Å². The molecule has 3 rings (SSSR count). The average molecular weight is 370 g/mol. The van der Waals surface area contributed by atoms with Crippen molar-refractivity contribution in [3.63, 3.8) is 0 Å². The Balaban J connectivity index is 1.86. The molecule has 1 N–H and O–H groups in total. The van der Waals surface area contributed by atoms with E-state index < -0.39 is 21.0 Å². The lowest BCUT2D eigenvalue weighted by Crippen LogP contribution is -2.31. The van der Waals surface area contributed by atoms with Crippen molar-refractivity contribution in [1.29, 1.82) is 0 Å². The number of carbonyl (C=O) groups excluding carboxylic acids is 1. The summed E-state index contributed by atoms with van der Waals surface area (Å²) in [7, 11) is -3.74. The molecule has 0 fully saturated rings. The molecule has 0 bridgehead atoms. The first-order valence-electron chi connectivity index (χ1n) is 8.00. The molecule has 1 amide bonds. The number of hydrogen-bond acceptors (Lipinski definition) is 5. The Kier molecular flexibility index (Phi) is 5.18. The zero-order valence-electron chi connectivity index (χ0n) is 14.1. The summed E-state index contributed by atoms with van der Waals surface area (Å²) in [6.07, 6.45) is 4.39. The third-order valence-electron chi connectivity index (χ3n) is 3.96. The first-order chi connectivity index (χ1) is 12.5. The standard InChI is InChI=1S/C19H18N2O4S/c1-14-6-8-16(9-7-14)26(23,24)18(17-5-3-11-25-17)13-21-19(22)15-4-2-10-20-12-15/h2-12,18H,13H2,1H3,(H,21,22). The van der Waals surface area contributed by atoms with Gasteiger partial charge < -0.3 is 9.73 Å². The minimum absolute atomic E-state index is 0.114. The van der Waals surface area contributed by atoms with E-state index in [9.17, 15) is 13.2 Å². The summed E-state index contributed by atoms with van der Waals surface area (Å²) in [5.74, 6) is -0.120. The molecule has 0 saturated heterocycles. The fourth-order valence-electron chi connectivity index (χ4n) is 2.51. The normalized spacial score (nSPS) is 12.5. The zero-order valence-corrected chi connectivity index (χ0v) is 14.9. The zero-order chi connectivity index (χ0) is 18.6. The van der Waals surface area contributed by atoms with Crippen molar-refractivity contribution < 1.29 is 17.6 Å². The summed E-state index contributed by atoms with van der Waals surface area (Å²) >= 11 is 0. The monoisotopic (exact) mass is 370 g/mol. The van der Waals surface area contributed by atoms with Crippen LogP contribution >= 0.6 is 0 Å². The molecular formula is C19H18N2O4S. The van der Waals surface area contributed by atoms with Gasteiger partial charge in [0, 0.05) is 18.9 Å². The Morgan fingerprint density at radius 3 is 2.54 bits per heavy atom. The van der Waals surface area contributed by atoms with Gasteiger partial charge in [-0.25, -0.2) is 8.42 Å². The molecule has 26 heavy (non-hydrogen) atoms. The maximum atomic E-state index is 13.1. The quantitative estimate of drug-likeness (QED) is 0.721. The summed E-state index contributed by atoms with van der Waals surface area (Å²) in [6.45, 7) is 1.77. The number of rotatable bonds is 6. The smallest absolute Gasteiger partial charge is 0.252 e. The van der Waals surface area contributed by atoms with Gasteiger partial charge in [-0.15, -0.1) is 0 Å². The van der Waals surface area contributed by atoms with E-state index in [1.165, 1.54) is 12.5 Å². The average Bonchev–Trinajstić information content (AvgIpc) is 3.17. The van der Waals surface area contributed by atoms with E-state index >= 15 is 0 Å². The highest BCUT2D eigenvalue weighted by molar-refractivity contribution is 7.91. The van der Waals surface area contributed by atoms with Crippen molar-refractivity contribution in [2.45, 2.75) is 17.1 Å². The minimum Gasteiger partial charge on any atom is -0.468 e. The molecule has 0 saturated carbocycles. The van der Waals surface area contributed by atoms with Crippen molar-refractivity contribution in [1.82, 2.24) is 10.3 Å². The van der Waals surface area contributed by atoms with Gasteiger partial charge in [0.2, 0.25) is 0 Å². The first kappa shape index (κ1) is 17.9. The van der Waals surface area contributed by atoms with Crippen molar-refractivity contribution in [3.05, 3.63) is 84.1 Å². The number of amides is 1. The van der Waals surface area contributed by atoms with Gasteiger partial charge in [-0.2, -0.15) is 0 Å². The van der Waals surface area contributed by atoms with Crippen LogP contribution in [0, 0.1) is 6.92 Å². The SMILES string of the molecule is Cc1ccc(S(=O)(=O)C(CNC(=O)c2cccnc2)c2ccco2)cc1. The third kappa shape index (κ3) is 3.83. The van der Waals surface area contributed by atoms with E-state index in [0.717, 1.165) is 5.56 Å². The highest BCUT2D eigenvalue weighted by Gasteiger charge is 2.31. The Morgan fingerprint density at radius 1 is 1.15 bits per heavy atom. The highest BCUT2D eigenvalue weighted by atomic mass is 32.2. The van der Waals surface area contributed by atoms with Crippen LogP contribution in [-0.4, -0.2) is 25.9 Å². The second-order valence-corrected chi connectivity index (χ2v) is 7.94. The van der Waals surface area contributed by atoms with Crippen molar-refractivity contribution in [3.8, 4) is 0 Å². The Morgan fingerprint density at radius 2 is 1.92 bits per heavy atom. The number of pyridine rings is 1. The number of aromatic nitrogens is 1. The molecule has 0 aliphatic heterocycles. The van der Waals surface area contributed by atoms with E-state index in [1.54, 1.807) is 54.7 Å². The molecule has 1 unspecified atom stereocenters. The minimum atomic E-state index is -3.74. The molecule has 2 heterocycles. The Labute approximate surface area is 151 Å². The Hall–Kier alpha value is -2.93. The molecule has 1 atom stereocenters. The lowest BCUT2D eigenvalue weighted by Gasteiger charge is -2.17. The van der Waals surface area contributed by atoms with Crippen LogP contribution in [0.3, 0.4) is 0 Å². The van der Waals surface area contributed by atoms with E-state index in [2.05, 4.69) is 10.3 Å². The topological polar surface area (TPSA) is 89.3 Å². The maximum absolute atomic E-state index is 13.1. The number of sulfone groups is 1. The van der Waals surface area contributed by atoms with Crippen LogP contribution in [0.1, 0.15) is 26.9 Å². The van der Waals surface area contributed by atoms with Gasteiger partial charge in [-0.05, 0) is 43.3 Å². The maximum Gasteiger partial charge on any atom is 0.252 e. The number of furan rings is 1. The van der Waals surface area contributed by atoms with E-state index in [0.29, 0.717) is 5.56 Å². The first-order valence-corrected chi connectivity index (χ1v) is 9.55. The van der Waals surface area contributed by atoms with Gasteiger partial charge in [0.25, 0.3) is 5.91 Å². The molecule has 134 valence electrons. The fourth-order valence-corrected chi connectivity index (χ4v) is 4.10. The largest absolute Gasteiger partial charge is 0.468 e. The number of benzene rings is 1. The summed E-state index contributed by atoms with van der Waals surface area (Å²) in [5, 5.41) is 1.63. The van der Waals surface area contributed by atoms with Crippen LogP contribution in [0.25, 0.3) is 0 Å². The molecule has 0 aliphatic rings. The lowest BCUT2D eigenvalue weighted by molar-refractivity contribution is 0.0953. The summed E-state index contributed by atoms with van der Waals surface area (Å²) in [4.78, 5) is 16.3. The Bertz CT molecular complexity index is 966. The van der Waals surface area contributed by atoms with Crippen LogP contribution in [0.15, 0.2) is 76.5 Å². The second kappa shape index (κ2) is 7.53. The fraction of sp³-hybridized carbons (Fsp3) is 0.158. The summed E-state index contributed by atoms with van der Waals surface area (Å²) < 4.78 is 31.5. The molecule has 2 aromatic heterocycles. The van der Waals surface area contributed by atoms with Crippen molar-refractivity contribution >= 4 is 15.7 Å². The van der Waals surface area contributed by atoms with Crippen LogP contribution in [0.4, 0.5) is 0 Å². The summed E-state index contributed by atoms with van der Waals surface area (Å²) in [6, 6.07) is 13.1. The molecule has 0 spiro atoms. The molecule has 0 radical (unpaired) electrons. The number of nitrogens with zero attached hydrogens (tertiary/aromatic N) is 1. The highest BCUT2D eigenvalue weighted by Crippen LogP contribution is 2.29. The predicted octanol–water partition coefficient (Wildman–Crippen LogP) is 2.93. The summed E-state index contributed by atoms with van der Waals surface area (Å²) in [5.41, 5.74) is 1.32. The van der Waals surface area contributed by atoms with E-state index in [-0.39, 0.29) is 17.2 Å². The number of aryl methyl sites for hydroxylation is 1. The van der Waals surface area contributed by atoms with Crippen LogP contribution in [-0.2, 0) is 9.84 Å². The lowest BCUT2D eigenvalue weighted by atomic mass is 10.2. The van der Waals surface area contributed by atoms with Gasteiger partial charge in [0.05, 0.1) is 16.7 Å². The number of hydrogen-bond donors (Lipinski definition) is 1. The number of carbonyl (C=O) groups is 1.